The lowest BCUT2D eigenvalue weighted by Gasteiger charge is -2.41. The molecule has 1 aliphatic heterocycles. The van der Waals surface area contributed by atoms with Gasteiger partial charge in [-0.2, -0.15) is 0 Å². The first-order chi connectivity index (χ1) is 10.1. The van der Waals surface area contributed by atoms with Crippen LogP contribution in [0.4, 0.5) is 0 Å². The van der Waals surface area contributed by atoms with Crippen molar-refractivity contribution >= 4 is 5.97 Å². The molecular weight excluding hydrogens is 264 g/mol. The molecular formula is C17H26N2O2. The molecule has 1 saturated heterocycles. The SMILES string of the molecule is CC(C)N(Cc1ccccc1)[C@H]1CCCN(CC(=O)O)C1. The topological polar surface area (TPSA) is 43.8 Å². The van der Waals surface area contributed by atoms with Crippen molar-refractivity contribution in [3.63, 3.8) is 0 Å². The summed E-state index contributed by atoms with van der Waals surface area (Å²) in [6, 6.07) is 11.4. The second kappa shape index (κ2) is 7.57. The van der Waals surface area contributed by atoms with Crippen molar-refractivity contribution in [2.75, 3.05) is 19.6 Å². The van der Waals surface area contributed by atoms with Gasteiger partial charge in [-0.3, -0.25) is 14.6 Å². The summed E-state index contributed by atoms with van der Waals surface area (Å²) in [7, 11) is 0. The van der Waals surface area contributed by atoms with E-state index >= 15 is 0 Å². The van der Waals surface area contributed by atoms with Gasteiger partial charge in [-0.25, -0.2) is 0 Å². The Labute approximate surface area is 127 Å². The van der Waals surface area contributed by atoms with Gasteiger partial charge in [0.15, 0.2) is 0 Å². The Morgan fingerprint density at radius 1 is 1.38 bits per heavy atom. The van der Waals surface area contributed by atoms with Crippen LogP contribution in [0.25, 0.3) is 0 Å². The zero-order valence-corrected chi connectivity index (χ0v) is 13.0. The van der Waals surface area contributed by atoms with Crippen molar-refractivity contribution in [2.24, 2.45) is 0 Å². The number of carboxylic acids is 1. The van der Waals surface area contributed by atoms with E-state index in [1.165, 1.54) is 5.56 Å². The Morgan fingerprint density at radius 2 is 2.10 bits per heavy atom. The predicted molar refractivity (Wildman–Crippen MR) is 84.2 cm³/mol. The van der Waals surface area contributed by atoms with Crippen LogP contribution in [0.15, 0.2) is 30.3 Å². The minimum Gasteiger partial charge on any atom is -0.480 e. The molecule has 1 atom stereocenters. The van der Waals surface area contributed by atoms with Crippen molar-refractivity contribution in [3.05, 3.63) is 35.9 Å². The molecule has 0 spiro atoms. The summed E-state index contributed by atoms with van der Waals surface area (Å²) in [5.41, 5.74) is 1.32. The summed E-state index contributed by atoms with van der Waals surface area (Å²) < 4.78 is 0. The van der Waals surface area contributed by atoms with Gasteiger partial charge in [0.25, 0.3) is 0 Å². The molecule has 1 heterocycles. The smallest absolute Gasteiger partial charge is 0.317 e. The van der Waals surface area contributed by atoms with E-state index in [4.69, 9.17) is 5.11 Å². The van der Waals surface area contributed by atoms with E-state index in [-0.39, 0.29) is 6.54 Å². The summed E-state index contributed by atoms with van der Waals surface area (Å²) in [6.45, 7) is 7.30. The van der Waals surface area contributed by atoms with Gasteiger partial charge < -0.3 is 5.11 Å². The zero-order chi connectivity index (χ0) is 15.2. The Hall–Kier alpha value is -1.39. The normalized spacial score (nSPS) is 20.1. The lowest BCUT2D eigenvalue weighted by Crippen LogP contribution is -2.50. The fourth-order valence-corrected chi connectivity index (χ4v) is 3.16. The van der Waals surface area contributed by atoms with Crippen LogP contribution in [0.5, 0.6) is 0 Å². The molecule has 4 nitrogen and oxygen atoms in total. The van der Waals surface area contributed by atoms with E-state index in [9.17, 15) is 4.79 Å². The number of likely N-dealkylation sites (tertiary alicyclic amines) is 1. The number of piperidine rings is 1. The molecule has 0 saturated carbocycles. The molecule has 1 aliphatic rings. The molecule has 1 fully saturated rings. The summed E-state index contributed by atoms with van der Waals surface area (Å²) in [5, 5.41) is 8.98. The maximum atomic E-state index is 10.9. The average molecular weight is 290 g/mol. The minimum atomic E-state index is -0.727. The van der Waals surface area contributed by atoms with E-state index < -0.39 is 5.97 Å². The molecule has 1 aromatic rings. The van der Waals surface area contributed by atoms with Gasteiger partial charge in [0, 0.05) is 25.2 Å². The second-order valence-electron chi connectivity index (χ2n) is 6.18. The van der Waals surface area contributed by atoms with Crippen LogP contribution in [-0.2, 0) is 11.3 Å². The average Bonchev–Trinajstić information content (AvgIpc) is 2.45. The molecule has 2 rings (SSSR count). The van der Waals surface area contributed by atoms with Gasteiger partial charge in [0.1, 0.15) is 0 Å². The lowest BCUT2D eigenvalue weighted by atomic mass is 10.0. The lowest BCUT2D eigenvalue weighted by molar-refractivity contribution is -0.138. The highest BCUT2D eigenvalue weighted by atomic mass is 16.4. The first-order valence-electron chi connectivity index (χ1n) is 7.80. The maximum Gasteiger partial charge on any atom is 0.317 e. The van der Waals surface area contributed by atoms with E-state index in [0.717, 1.165) is 32.5 Å². The number of nitrogens with zero attached hydrogens (tertiary/aromatic N) is 2. The predicted octanol–water partition coefficient (Wildman–Crippen LogP) is 2.45. The number of hydrogen-bond acceptors (Lipinski definition) is 3. The van der Waals surface area contributed by atoms with Gasteiger partial charge >= 0.3 is 5.97 Å². The molecule has 0 unspecified atom stereocenters. The van der Waals surface area contributed by atoms with Crippen LogP contribution < -0.4 is 0 Å². The fraction of sp³-hybridized carbons (Fsp3) is 0.588. The van der Waals surface area contributed by atoms with Crippen LogP contribution in [0, 0.1) is 0 Å². The van der Waals surface area contributed by atoms with Crippen LogP contribution >= 0.6 is 0 Å². The monoisotopic (exact) mass is 290 g/mol. The summed E-state index contributed by atoms with van der Waals surface area (Å²) >= 11 is 0. The molecule has 21 heavy (non-hydrogen) atoms. The summed E-state index contributed by atoms with van der Waals surface area (Å²) in [6.07, 6.45) is 2.23. The summed E-state index contributed by atoms with van der Waals surface area (Å²) in [5.74, 6) is -0.727. The molecule has 4 heteroatoms. The largest absolute Gasteiger partial charge is 0.480 e. The van der Waals surface area contributed by atoms with Gasteiger partial charge in [0.05, 0.1) is 6.54 Å². The minimum absolute atomic E-state index is 0.160. The van der Waals surface area contributed by atoms with Crippen molar-refractivity contribution in [2.45, 2.75) is 45.3 Å². The van der Waals surface area contributed by atoms with E-state index in [2.05, 4.69) is 47.9 Å². The van der Waals surface area contributed by atoms with Gasteiger partial charge in [0.2, 0.25) is 0 Å². The Kier molecular flexibility index (Phi) is 5.76. The fourth-order valence-electron chi connectivity index (χ4n) is 3.16. The third kappa shape index (κ3) is 4.83. The number of carboxylic acid groups (broad SMARTS) is 1. The second-order valence-corrected chi connectivity index (χ2v) is 6.18. The Bertz CT molecular complexity index is 447. The number of rotatable bonds is 6. The molecule has 0 aliphatic carbocycles. The highest BCUT2D eigenvalue weighted by Gasteiger charge is 2.27. The van der Waals surface area contributed by atoms with Crippen LogP contribution in [0.2, 0.25) is 0 Å². The van der Waals surface area contributed by atoms with Crippen LogP contribution in [0.1, 0.15) is 32.3 Å². The summed E-state index contributed by atoms with van der Waals surface area (Å²) in [4.78, 5) is 15.5. The maximum absolute atomic E-state index is 10.9. The van der Waals surface area contributed by atoms with Crippen LogP contribution in [-0.4, -0.2) is 52.6 Å². The van der Waals surface area contributed by atoms with Crippen molar-refractivity contribution in [1.82, 2.24) is 9.80 Å². The molecule has 0 radical (unpaired) electrons. The standard InChI is InChI=1S/C17H26N2O2/c1-14(2)19(11-15-7-4-3-5-8-15)16-9-6-10-18(12-16)13-17(20)21/h3-5,7-8,14,16H,6,9-13H2,1-2H3,(H,20,21)/t16-/m0/s1. The van der Waals surface area contributed by atoms with Crippen molar-refractivity contribution < 1.29 is 9.90 Å². The third-order valence-corrected chi connectivity index (χ3v) is 4.18. The number of benzene rings is 1. The Morgan fingerprint density at radius 3 is 2.71 bits per heavy atom. The molecule has 0 amide bonds. The highest BCUT2D eigenvalue weighted by Crippen LogP contribution is 2.20. The van der Waals surface area contributed by atoms with E-state index in [1.807, 2.05) is 6.07 Å². The molecule has 1 N–H and O–H groups in total. The number of carbonyl (C=O) groups is 1. The Balaban J connectivity index is 2.02. The first-order valence-corrected chi connectivity index (χ1v) is 7.80. The van der Waals surface area contributed by atoms with Gasteiger partial charge in [-0.05, 0) is 38.8 Å². The number of aliphatic carboxylic acids is 1. The first kappa shape index (κ1) is 16.0. The number of hydrogen-bond donors (Lipinski definition) is 1. The quantitative estimate of drug-likeness (QED) is 0.874. The van der Waals surface area contributed by atoms with Crippen molar-refractivity contribution in [1.29, 1.82) is 0 Å². The van der Waals surface area contributed by atoms with E-state index in [0.29, 0.717) is 12.1 Å². The van der Waals surface area contributed by atoms with E-state index in [1.54, 1.807) is 0 Å². The van der Waals surface area contributed by atoms with Crippen molar-refractivity contribution in [3.8, 4) is 0 Å². The zero-order valence-electron chi connectivity index (χ0n) is 13.0. The third-order valence-electron chi connectivity index (χ3n) is 4.18. The highest BCUT2D eigenvalue weighted by molar-refractivity contribution is 5.69. The van der Waals surface area contributed by atoms with Crippen LogP contribution in [0.3, 0.4) is 0 Å². The van der Waals surface area contributed by atoms with Gasteiger partial charge in [-0.1, -0.05) is 30.3 Å². The molecule has 116 valence electrons. The van der Waals surface area contributed by atoms with Gasteiger partial charge in [-0.15, -0.1) is 0 Å². The molecule has 0 aromatic heterocycles. The molecule has 0 bridgehead atoms. The molecule has 1 aromatic carbocycles.